The molecule has 6 heteroatoms. The number of fused-ring (bicyclic) bond motifs is 1. The predicted octanol–water partition coefficient (Wildman–Crippen LogP) is 4.16. The summed E-state index contributed by atoms with van der Waals surface area (Å²) < 4.78 is 29.2. The van der Waals surface area contributed by atoms with Crippen molar-refractivity contribution in [2.45, 2.75) is 38.8 Å². The van der Waals surface area contributed by atoms with Gasteiger partial charge in [-0.25, -0.2) is 0 Å². The molecule has 122 valence electrons. The van der Waals surface area contributed by atoms with E-state index in [1.54, 1.807) is 18.2 Å². The van der Waals surface area contributed by atoms with E-state index in [4.69, 9.17) is 0 Å². The quantitative estimate of drug-likeness (QED) is 0.890. The van der Waals surface area contributed by atoms with Gasteiger partial charge in [0.25, 0.3) is 5.91 Å². The van der Waals surface area contributed by atoms with Crippen LogP contribution in [0.2, 0.25) is 0 Å². The standard InChI is InChI=1S/C17H17F2NO2S/c18-17(19)22-13-7-3-1-6-12(13)10-20-16(21)15-9-11-5-2-4-8-14(11)23-15/h1,3,6-7,9,17H,2,4-5,8,10H2,(H,20,21). The van der Waals surface area contributed by atoms with Crippen LogP contribution in [0.1, 0.15) is 38.5 Å². The fourth-order valence-electron chi connectivity index (χ4n) is 2.73. The lowest BCUT2D eigenvalue weighted by molar-refractivity contribution is -0.0504. The minimum atomic E-state index is -2.88. The van der Waals surface area contributed by atoms with E-state index in [1.807, 2.05) is 6.07 Å². The van der Waals surface area contributed by atoms with Crippen LogP contribution < -0.4 is 10.1 Å². The smallest absolute Gasteiger partial charge is 0.387 e. The first-order valence-electron chi connectivity index (χ1n) is 7.56. The highest BCUT2D eigenvalue weighted by Crippen LogP contribution is 2.29. The summed E-state index contributed by atoms with van der Waals surface area (Å²) in [5.41, 5.74) is 1.80. The van der Waals surface area contributed by atoms with Gasteiger partial charge in [0.15, 0.2) is 0 Å². The molecule has 2 aromatic rings. The zero-order valence-corrected chi connectivity index (χ0v) is 13.3. The molecule has 0 atom stereocenters. The van der Waals surface area contributed by atoms with Gasteiger partial charge < -0.3 is 10.1 Å². The molecule has 1 aromatic carbocycles. The summed E-state index contributed by atoms with van der Waals surface area (Å²) >= 11 is 1.53. The topological polar surface area (TPSA) is 38.3 Å². The molecule has 0 fully saturated rings. The summed E-state index contributed by atoms with van der Waals surface area (Å²) in [5, 5.41) is 2.78. The Morgan fingerprint density at radius 3 is 2.83 bits per heavy atom. The molecule has 1 aliphatic rings. The molecule has 1 aromatic heterocycles. The van der Waals surface area contributed by atoms with E-state index in [0.717, 1.165) is 12.8 Å². The minimum Gasteiger partial charge on any atom is -0.434 e. The van der Waals surface area contributed by atoms with Gasteiger partial charge in [0.2, 0.25) is 0 Å². The van der Waals surface area contributed by atoms with Crippen molar-refractivity contribution in [3.8, 4) is 5.75 Å². The third-order valence-corrected chi connectivity index (χ3v) is 5.08. The monoisotopic (exact) mass is 337 g/mol. The number of benzene rings is 1. The van der Waals surface area contributed by atoms with Gasteiger partial charge in [0.05, 0.1) is 4.88 Å². The van der Waals surface area contributed by atoms with Gasteiger partial charge in [-0.2, -0.15) is 8.78 Å². The van der Waals surface area contributed by atoms with Crippen molar-refractivity contribution in [3.63, 3.8) is 0 Å². The number of halogens is 2. The molecular formula is C17H17F2NO2S. The number of thiophene rings is 1. The second kappa shape index (κ2) is 7.08. The maximum absolute atomic E-state index is 12.4. The van der Waals surface area contributed by atoms with Crippen LogP contribution in [-0.2, 0) is 19.4 Å². The van der Waals surface area contributed by atoms with Gasteiger partial charge in [-0.1, -0.05) is 18.2 Å². The molecule has 0 spiro atoms. The number of ether oxygens (including phenoxy) is 1. The molecule has 0 aliphatic heterocycles. The van der Waals surface area contributed by atoms with Crippen molar-refractivity contribution in [1.29, 1.82) is 0 Å². The van der Waals surface area contributed by atoms with Crippen molar-refractivity contribution in [1.82, 2.24) is 5.32 Å². The molecular weight excluding hydrogens is 320 g/mol. The number of carbonyl (C=O) groups is 1. The number of aryl methyl sites for hydroxylation is 2. The van der Waals surface area contributed by atoms with E-state index in [2.05, 4.69) is 10.1 Å². The van der Waals surface area contributed by atoms with Crippen LogP contribution in [0.15, 0.2) is 30.3 Å². The van der Waals surface area contributed by atoms with Crippen molar-refractivity contribution >= 4 is 17.2 Å². The van der Waals surface area contributed by atoms with E-state index >= 15 is 0 Å². The number of amides is 1. The molecule has 1 heterocycles. The van der Waals surface area contributed by atoms with Crippen LogP contribution in [-0.4, -0.2) is 12.5 Å². The van der Waals surface area contributed by atoms with Crippen LogP contribution in [0.4, 0.5) is 8.78 Å². The molecule has 0 radical (unpaired) electrons. The van der Waals surface area contributed by atoms with Crippen molar-refractivity contribution < 1.29 is 18.3 Å². The van der Waals surface area contributed by atoms with Crippen LogP contribution >= 0.6 is 11.3 Å². The fraction of sp³-hybridized carbons (Fsp3) is 0.353. The van der Waals surface area contributed by atoms with E-state index in [1.165, 1.54) is 40.7 Å². The number of hydrogen-bond donors (Lipinski definition) is 1. The predicted molar refractivity (Wildman–Crippen MR) is 85.2 cm³/mol. The van der Waals surface area contributed by atoms with Gasteiger partial charge in [-0.05, 0) is 43.4 Å². The Labute approximate surface area is 137 Å². The Morgan fingerprint density at radius 2 is 2.04 bits per heavy atom. The summed E-state index contributed by atoms with van der Waals surface area (Å²) in [6.45, 7) is -2.72. The average molecular weight is 337 g/mol. The maximum atomic E-state index is 12.4. The van der Waals surface area contributed by atoms with Crippen LogP contribution in [0.25, 0.3) is 0 Å². The lowest BCUT2D eigenvalue weighted by Gasteiger charge is -2.10. The molecule has 1 N–H and O–H groups in total. The van der Waals surface area contributed by atoms with E-state index in [9.17, 15) is 13.6 Å². The van der Waals surface area contributed by atoms with E-state index < -0.39 is 6.61 Å². The number of alkyl halides is 2. The lowest BCUT2D eigenvalue weighted by Crippen LogP contribution is -2.22. The largest absolute Gasteiger partial charge is 0.434 e. The molecule has 23 heavy (non-hydrogen) atoms. The van der Waals surface area contributed by atoms with Crippen LogP contribution in [0, 0.1) is 0 Å². The summed E-state index contributed by atoms with van der Waals surface area (Å²) in [4.78, 5) is 14.3. The average Bonchev–Trinajstić information content (AvgIpc) is 2.97. The van der Waals surface area contributed by atoms with Crippen molar-refractivity contribution in [2.24, 2.45) is 0 Å². The molecule has 0 bridgehead atoms. The Morgan fingerprint density at radius 1 is 1.26 bits per heavy atom. The number of para-hydroxylation sites is 1. The Kier molecular flexibility index (Phi) is 4.91. The fourth-order valence-corrected chi connectivity index (χ4v) is 3.90. The lowest BCUT2D eigenvalue weighted by atomic mass is 9.99. The normalized spacial score (nSPS) is 13.7. The Balaban J connectivity index is 1.66. The number of rotatable bonds is 5. The summed E-state index contributed by atoms with van der Waals surface area (Å²) in [6, 6.07) is 8.44. The second-order valence-corrected chi connectivity index (χ2v) is 6.57. The van der Waals surface area contributed by atoms with Crippen molar-refractivity contribution in [2.75, 3.05) is 0 Å². The maximum Gasteiger partial charge on any atom is 0.387 e. The zero-order chi connectivity index (χ0) is 16.2. The highest BCUT2D eigenvalue weighted by molar-refractivity contribution is 7.14. The highest BCUT2D eigenvalue weighted by atomic mass is 32.1. The SMILES string of the molecule is O=C(NCc1ccccc1OC(F)F)c1cc2c(s1)CCCC2. The van der Waals surface area contributed by atoms with Gasteiger partial charge in [-0.15, -0.1) is 11.3 Å². The number of hydrogen-bond acceptors (Lipinski definition) is 3. The first kappa shape index (κ1) is 15.9. The van der Waals surface area contributed by atoms with Crippen molar-refractivity contribution in [3.05, 3.63) is 51.2 Å². The molecule has 3 nitrogen and oxygen atoms in total. The second-order valence-electron chi connectivity index (χ2n) is 5.44. The van der Waals surface area contributed by atoms with Crippen LogP contribution in [0.5, 0.6) is 5.75 Å². The Hall–Kier alpha value is -1.95. The number of carbonyl (C=O) groups excluding carboxylic acids is 1. The number of nitrogens with one attached hydrogen (secondary N) is 1. The van der Waals surface area contributed by atoms with E-state index in [0.29, 0.717) is 10.4 Å². The van der Waals surface area contributed by atoms with Crippen LogP contribution in [0.3, 0.4) is 0 Å². The molecule has 3 rings (SSSR count). The minimum absolute atomic E-state index is 0.0910. The molecule has 1 amide bonds. The first-order chi connectivity index (χ1) is 11.1. The molecule has 0 saturated carbocycles. The van der Waals surface area contributed by atoms with Gasteiger partial charge in [-0.3, -0.25) is 4.79 Å². The third kappa shape index (κ3) is 3.88. The van der Waals surface area contributed by atoms with Gasteiger partial charge in [0, 0.05) is 17.0 Å². The third-order valence-electron chi connectivity index (χ3n) is 3.85. The first-order valence-corrected chi connectivity index (χ1v) is 8.37. The molecule has 0 unspecified atom stereocenters. The van der Waals surface area contributed by atoms with Gasteiger partial charge >= 0.3 is 6.61 Å². The summed E-state index contributed by atoms with van der Waals surface area (Å²) in [7, 11) is 0. The molecule has 0 saturated heterocycles. The van der Waals surface area contributed by atoms with E-state index in [-0.39, 0.29) is 18.2 Å². The zero-order valence-electron chi connectivity index (χ0n) is 12.5. The summed E-state index contributed by atoms with van der Waals surface area (Å²) in [5.74, 6) is -0.0791. The molecule has 1 aliphatic carbocycles. The summed E-state index contributed by atoms with van der Waals surface area (Å²) in [6.07, 6.45) is 4.42. The van der Waals surface area contributed by atoms with Gasteiger partial charge in [0.1, 0.15) is 5.75 Å². The Bertz CT molecular complexity index is 676. The highest BCUT2D eigenvalue weighted by Gasteiger charge is 2.17.